The van der Waals surface area contributed by atoms with Crippen LogP contribution in [0.15, 0.2) is 53.6 Å². The van der Waals surface area contributed by atoms with E-state index >= 15 is 0 Å². The van der Waals surface area contributed by atoms with Crippen LogP contribution in [0.4, 0.5) is 15.8 Å². The Bertz CT molecular complexity index is 958. The highest BCUT2D eigenvalue weighted by Gasteiger charge is 2.35. The molecule has 1 aliphatic rings. The van der Waals surface area contributed by atoms with Gasteiger partial charge in [-0.2, -0.15) is 5.10 Å². The minimum absolute atomic E-state index is 0.0132. The molecule has 8 nitrogen and oxygen atoms in total. The van der Waals surface area contributed by atoms with E-state index in [-0.39, 0.29) is 18.0 Å². The van der Waals surface area contributed by atoms with E-state index in [1.165, 1.54) is 36.3 Å². The molecule has 2 aromatic rings. The monoisotopic (exact) mass is 383 g/mol. The van der Waals surface area contributed by atoms with Gasteiger partial charge in [0, 0.05) is 13.5 Å². The number of benzene rings is 2. The zero-order valence-electron chi connectivity index (χ0n) is 15.0. The maximum atomic E-state index is 13.2. The molecule has 0 aromatic heterocycles. The van der Waals surface area contributed by atoms with Crippen molar-refractivity contribution in [1.29, 1.82) is 0 Å². The summed E-state index contributed by atoms with van der Waals surface area (Å²) < 4.78 is 13.2. The number of halogens is 1. The van der Waals surface area contributed by atoms with Crippen LogP contribution in [0.3, 0.4) is 0 Å². The van der Waals surface area contributed by atoms with Crippen molar-refractivity contribution in [3.8, 4) is 0 Å². The Balaban J connectivity index is 1.86. The van der Waals surface area contributed by atoms with E-state index in [0.29, 0.717) is 16.9 Å². The van der Waals surface area contributed by atoms with E-state index in [4.69, 9.17) is 5.73 Å². The summed E-state index contributed by atoms with van der Waals surface area (Å²) in [5.74, 6) is -2.02. The molecule has 0 aliphatic carbocycles. The summed E-state index contributed by atoms with van der Waals surface area (Å²) in [6.45, 7) is 0. The molecule has 4 N–H and O–H groups in total. The molecular formula is C19H18FN5O3. The quantitative estimate of drug-likeness (QED) is 0.720. The summed E-state index contributed by atoms with van der Waals surface area (Å²) in [6.07, 6.45) is -0.0132. The lowest BCUT2D eigenvalue weighted by Crippen LogP contribution is -2.39. The first-order chi connectivity index (χ1) is 13.4. The van der Waals surface area contributed by atoms with Gasteiger partial charge in [0.25, 0.3) is 11.8 Å². The maximum absolute atomic E-state index is 13.2. The Morgan fingerprint density at radius 3 is 2.43 bits per heavy atom. The molecule has 1 heterocycles. The molecule has 28 heavy (non-hydrogen) atoms. The SMILES string of the molecule is CNC(=O)c1ccccc1NC(=O)C1=NN(c2ccc(F)cc2)[C@@H](C(N)=O)C1. The standard InChI is InChI=1S/C19H18FN5O3/c1-22-18(27)13-4-2-3-5-14(13)23-19(28)15-10-16(17(21)26)25(24-15)12-8-6-11(20)7-9-12/h2-9,16H,10H2,1H3,(H2,21,26)(H,22,27)(H,23,28)/t16-/m1/s1. The highest BCUT2D eigenvalue weighted by atomic mass is 19.1. The number of para-hydroxylation sites is 1. The average Bonchev–Trinajstić information content (AvgIpc) is 3.14. The van der Waals surface area contributed by atoms with Gasteiger partial charge in [-0.3, -0.25) is 19.4 Å². The van der Waals surface area contributed by atoms with Crippen LogP contribution < -0.4 is 21.4 Å². The van der Waals surface area contributed by atoms with Crippen molar-refractivity contribution >= 4 is 34.8 Å². The minimum atomic E-state index is -0.875. The topological polar surface area (TPSA) is 117 Å². The maximum Gasteiger partial charge on any atom is 0.271 e. The molecule has 0 fully saturated rings. The van der Waals surface area contributed by atoms with E-state index in [1.54, 1.807) is 24.3 Å². The van der Waals surface area contributed by atoms with Crippen molar-refractivity contribution in [1.82, 2.24) is 5.32 Å². The molecule has 0 spiro atoms. The number of hydrazone groups is 1. The fourth-order valence-electron chi connectivity index (χ4n) is 2.82. The third kappa shape index (κ3) is 3.83. The summed E-state index contributed by atoms with van der Waals surface area (Å²) in [5, 5.41) is 10.6. The van der Waals surface area contributed by atoms with Crippen molar-refractivity contribution in [2.24, 2.45) is 10.8 Å². The zero-order valence-corrected chi connectivity index (χ0v) is 15.0. The molecule has 9 heteroatoms. The van der Waals surface area contributed by atoms with E-state index in [2.05, 4.69) is 15.7 Å². The molecule has 0 saturated carbocycles. The number of amides is 3. The lowest BCUT2D eigenvalue weighted by atomic mass is 10.1. The van der Waals surface area contributed by atoms with Crippen molar-refractivity contribution in [3.05, 3.63) is 59.9 Å². The fraction of sp³-hybridized carbons (Fsp3) is 0.158. The van der Waals surface area contributed by atoms with Gasteiger partial charge in [-0.1, -0.05) is 12.1 Å². The number of carbonyl (C=O) groups excluding carboxylic acids is 3. The van der Waals surface area contributed by atoms with Crippen LogP contribution in [-0.4, -0.2) is 36.5 Å². The first kappa shape index (κ1) is 19.0. The van der Waals surface area contributed by atoms with Crippen LogP contribution in [-0.2, 0) is 9.59 Å². The van der Waals surface area contributed by atoms with Crippen LogP contribution in [0.25, 0.3) is 0 Å². The molecule has 1 atom stereocenters. The Labute approximate surface area is 160 Å². The van der Waals surface area contributed by atoms with Gasteiger partial charge in [-0.05, 0) is 36.4 Å². The molecule has 0 unspecified atom stereocenters. The Morgan fingerprint density at radius 1 is 1.11 bits per heavy atom. The normalized spacial score (nSPS) is 15.7. The number of nitrogens with two attached hydrogens (primary N) is 1. The minimum Gasteiger partial charge on any atom is -0.368 e. The van der Waals surface area contributed by atoms with Crippen molar-refractivity contribution in [2.45, 2.75) is 12.5 Å². The van der Waals surface area contributed by atoms with Crippen molar-refractivity contribution in [3.63, 3.8) is 0 Å². The second kappa shape index (κ2) is 7.87. The number of primary amides is 1. The van der Waals surface area contributed by atoms with Gasteiger partial charge < -0.3 is 16.4 Å². The second-order valence-corrected chi connectivity index (χ2v) is 6.07. The third-order valence-corrected chi connectivity index (χ3v) is 4.24. The highest BCUT2D eigenvalue weighted by Crippen LogP contribution is 2.25. The van der Waals surface area contributed by atoms with Crippen LogP contribution >= 0.6 is 0 Å². The first-order valence-electron chi connectivity index (χ1n) is 8.44. The van der Waals surface area contributed by atoms with E-state index in [1.807, 2.05) is 0 Å². The number of anilines is 2. The average molecular weight is 383 g/mol. The third-order valence-electron chi connectivity index (χ3n) is 4.24. The molecule has 0 radical (unpaired) electrons. The predicted molar refractivity (Wildman–Crippen MR) is 102 cm³/mol. The molecule has 0 saturated heterocycles. The number of carbonyl (C=O) groups is 3. The van der Waals surface area contributed by atoms with Crippen LogP contribution in [0.2, 0.25) is 0 Å². The molecule has 3 amide bonds. The predicted octanol–water partition coefficient (Wildman–Crippen LogP) is 1.24. The molecule has 2 aromatic carbocycles. The molecular weight excluding hydrogens is 365 g/mol. The summed E-state index contributed by atoms with van der Waals surface area (Å²) >= 11 is 0. The van der Waals surface area contributed by atoms with Crippen molar-refractivity contribution in [2.75, 3.05) is 17.4 Å². The number of nitrogens with one attached hydrogen (secondary N) is 2. The zero-order chi connectivity index (χ0) is 20.3. The number of rotatable bonds is 5. The van der Waals surface area contributed by atoms with Crippen LogP contribution in [0.1, 0.15) is 16.8 Å². The second-order valence-electron chi connectivity index (χ2n) is 6.07. The lowest BCUT2D eigenvalue weighted by molar-refractivity contribution is -0.119. The Hall–Kier alpha value is -3.75. The summed E-state index contributed by atoms with van der Waals surface area (Å²) in [4.78, 5) is 36.4. The molecule has 0 bridgehead atoms. The van der Waals surface area contributed by atoms with Crippen LogP contribution in [0.5, 0.6) is 0 Å². The van der Waals surface area contributed by atoms with E-state index in [9.17, 15) is 18.8 Å². The largest absolute Gasteiger partial charge is 0.368 e. The van der Waals surface area contributed by atoms with Gasteiger partial charge in [0.15, 0.2) is 0 Å². The van der Waals surface area contributed by atoms with E-state index in [0.717, 1.165) is 0 Å². The first-order valence-corrected chi connectivity index (χ1v) is 8.44. The summed E-state index contributed by atoms with van der Waals surface area (Å²) in [5.41, 5.74) is 6.54. The van der Waals surface area contributed by atoms with Gasteiger partial charge in [0.05, 0.1) is 16.9 Å². The van der Waals surface area contributed by atoms with Gasteiger partial charge in [0.2, 0.25) is 5.91 Å². The van der Waals surface area contributed by atoms with Gasteiger partial charge in [-0.25, -0.2) is 4.39 Å². The Kier molecular flexibility index (Phi) is 5.35. The summed E-state index contributed by atoms with van der Waals surface area (Å²) in [7, 11) is 1.49. The fourth-order valence-corrected chi connectivity index (χ4v) is 2.82. The highest BCUT2D eigenvalue weighted by molar-refractivity contribution is 6.44. The number of hydrogen-bond donors (Lipinski definition) is 3. The molecule has 1 aliphatic heterocycles. The smallest absolute Gasteiger partial charge is 0.271 e. The molecule has 3 rings (SSSR count). The van der Waals surface area contributed by atoms with Gasteiger partial charge in [0.1, 0.15) is 17.6 Å². The van der Waals surface area contributed by atoms with Crippen molar-refractivity contribution < 1.29 is 18.8 Å². The lowest BCUT2D eigenvalue weighted by Gasteiger charge is -2.20. The van der Waals surface area contributed by atoms with Gasteiger partial charge >= 0.3 is 0 Å². The van der Waals surface area contributed by atoms with Crippen LogP contribution in [0, 0.1) is 5.82 Å². The summed E-state index contributed by atoms with van der Waals surface area (Å²) in [6, 6.07) is 11.0. The van der Waals surface area contributed by atoms with E-state index < -0.39 is 23.7 Å². The van der Waals surface area contributed by atoms with Gasteiger partial charge in [-0.15, -0.1) is 0 Å². The number of hydrogen-bond acceptors (Lipinski definition) is 5. The Morgan fingerprint density at radius 2 is 1.79 bits per heavy atom. The number of nitrogens with zero attached hydrogens (tertiary/aromatic N) is 2. The molecule has 144 valence electrons.